The molecule has 1 aromatic heterocycles. The van der Waals surface area contributed by atoms with Crippen LogP contribution in [0.15, 0.2) is 6.20 Å². The molecule has 1 aromatic rings. The van der Waals surface area contributed by atoms with E-state index < -0.39 is 0 Å². The third-order valence-corrected chi connectivity index (χ3v) is 4.14. The minimum atomic E-state index is 0.0923. The molecular formula is C14H22N4O2. The molecule has 1 fully saturated rings. The van der Waals surface area contributed by atoms with Crippen molar-refractivity contribution in [1.82, 2.24) is 20.4 Å². The molecule has 2 atom stereocenters. The normalized spacial score (nSPS) is 26.1. The van der Waals surface area contributed by atoms with E-state index in [9.17, 15) is 4.79 Å². The molecule has 6 nitrogen and oxygen atoms in total. The molecule has 0 aromatic carbocycles. The van der Waals surface area contributed by atoms with Crippen molar-refractivity contribution in [3.05, 3.63) is 17.5 Å². The molecule has 110 valence electrons. The maximum absolute atomic E-state index is 12.2. The second-order valence-electron chi connectivity index (χ2n) is 5.61. The Balaban J connectivity index is 1.59. The van der Waals surface area contributed by atoms with Crippen molar-refractivity contribution in [3.63, 3.8) is 0 Å². The summed E-state index contributed by atoms with van der Waals surface area (Å²) in [4.78, 5) is 12.2. The van der Waals surface area contributed by atoms with Gasteiger partial charge in [-0.25, -0.2) is 0 Å². The molecule has 3 rings (SSSR count). The first-order chi connectivity index (χ1) is 9.74. The molecule has 2 N–H and O–H groups in total. The molecule has 0 saturated carbocycles. The number of fused-ring (bicyclic) bond motifs is 1. The Morgan fingerprint density at radius 2 is 2.55 bits per heavy atom. The largest absolute Gasteiger partial charge is 0.378 e. The lowest BCUT2D eigenvalue weighted by molar-refractivity contribution is -0.123. The van der Waals surface area contributed by atoms with Crippen LogP contribution in [0.2, 0.25) is 0 Å². The Morgan fingerprint density at radius 1 is 1.65 bits per heavy atom. The number of aromatic nitrogens is 2. The summed E-state index contributed by atoms with van der Waals surface area (Å²) in [6, 6.07) is 0.255. The number of carbonyl (C=O) groups is 1. The third kappa shape index (κ3) is 2.86. The molecule has 6 heteroatoms. The van der Waals surface area contributed by atoms with Crippen LogP contribution in [0.5, 0.6) is 0 Å². The molecule has 0 radical (unpaired) electrons. The summed E-state index contributed by atoms with van der Waals surface area (Å²) in [5, 5.41) is 10.8. The van der Waals surface area contributed by atoms with E-state index in [1.54, 1.807) is 0 Å². The number of hydrogen-bond acceptors (Lipinski definition) is 4. The van der Waals surface area contributed by atoms with Crippen LogP contribution >= 0.6 is 0 Å². The fraction of sp³-hybridized carbons (Fsp3) is 0.714. The average molecular weight is 278 g/mol. The molecule has 2 aliphatic rings. The van der Waals surface area contributed by atoms with E-state index >= 15 is 0 Å². The van der Waals surface area contributed by atoms with Crippen molar-refractivity contribution in [1.29, 1.82) is 0 Å². The van der Waals surface area contributed by atoms with Gasteiger partial charge in [-0.05, 0) is 19.3 Å². The van der Waals surface area contributed by atoms with E-state index in [0.29, 0.717) is 13.0 Å². The fourth-order valence-electron chi connectivity index (χ4n) is 3.08. The summed E-state index contributed by atoms with van der Waals surface area (Å²) in [7, 11) is 1.96. The highest BCUT2D eigenvalue weighted by Crippen LogP contribution is 2.29. The zero-order valence-corrected chi connectivity index (χ0v) is 11.9. The van der Waals surface area contributed by atoms with Crippen LogP contribution < -0.4 is 10.6 Å². The van der Waals surface area contributed by atoms with Crippen LogP contribution in [0.1, 0.15) is 36.6 Å². The van der Waals surface area contributed by atoms with Crippen molar-refractivity contribution in [2.24, 2.45) is 7.05 Å². The zero-order valence-electron chi connectivity index (χ0n) is 11.9. The first-order valence-corrected chi connectivity index (χ1v) is 7.35. The van der Waals surface area contributed by atoms with Crippen LogP contribution in [-0.4, -0.2) is 41.5 Å². The second-order valence-corrected chi connectivity index (χ2v) is 5.61. The van der Waals surface area contributed by atoms with Gasteiger partial charge in [-0.3, -0.25) is 9.48 Å². The Kier molecular flexibility index (Phi) is 4.03. The van der Waals surface area contributed by atoms with Gasteiger partial charge in [-0.15, -0.1) is 0 Å². The van der Waals surface area contributed by atoms with Crippen molar-refractivity contribution in [3.8, 4) is 0 Å². The van der Waals surface area contributed by atoms with Gasteiger partial charge < -0.3 is 15.4 Å². The molecule has 1 amide bonds. The van der Waals surface area contributed by atoms with Gasteiger partial charge in [0.05, 0.1) is 25.5 Å². The summed E-state index contributed by atoms with van der Waals surface area (Å²) in [6.07, 6.45) is 5.52. The monoisotopic (exact) mass is 278 g/mol. The maximum atomic E-state index is 12.2. The van der Waals surface area contributed by atoms with E-state index in [0.717, 1.165) is 32.4 Å². The highest BCUT2D eigenvalue weighted by atomic mass is 16.5. The van der Waals surface area contributed by atoms with Crippen LogP contribution in [0, 0.1) is 0 Å². The summed E-state index contributed by atoms with van der Waals surface area (Å²) in [5.41, 5.74) is 2.43. The van der Waals surface area contributed by atoms with Gasteiger partial charge in [-0.2, -0.15) is 5.10 Å². The summed E-state index contributed by atoms with van der Waals surface area (Å²) >= 11 is 0. The SMILES string of the molecule is Cn1ncc2c1CCCC2NC(=O)CC1COCCN1. The van der Waals surface area contributed by atoms with Gasteiger partial charge in [0.15, 0.2) is 0 Å². The second kappa shape index (κ2) is 5.93. The summed E-state index contributed by atoms with van der Waals surface area (Å²) in [5.74, 6) is 0.0923. The molecule has 1 saturated heterocycles. The average Bonchev–Trinajstić information content (AvgIpc) is 2.83. The molecular weight excluding hydrogens is 256 g/mol. The quantitative estimate of drug-likeness (QED) is 0.834. The van der Waals surface area contributed by atoms with E-state index in [1.165, 1.54) is 11.3 Å². The van der Waals surface area contributed by atoms with Crippen LogP contribution in [-0.2, 0) is 23.0 Å². The molecule has 2 unspecified atom stereocenters. The van der Waals surface area contributed by atoms with Gasteiger partial charge in [0, 0.05) is 37.3 Å². The van der Waals surface area contributed by atoms with E-state index in [-0.39, 0.29) is 18.0 Å². The fourth-order valence-corrected chi connectivity index (χ4v) is 3.08. The van der Waals surface area contributed by atoms with Crippen molar-refractivity contribution in [2.45, 2.75) is 37.8 Å². The van der Waals surface area contributed by atoms with Gasteiger partial charge in [0.1, 0.15) is 0 Å². The standard InChI is InChI=1S/C14H22N4O2/c1-18-13-4-2-3-12(11(13)8-16-18)17-14(19)7-10-9-20-6-5-15-10/h8,10,12,15H,2-7,9H2,1H3,(H,17,19). The molecule has 1 aliphatic heterocycles. The van der Waals surface area contributed by atoms with E-state index in [1.807, 2.05) is 17.9 Å². The highest BCUT2D eigenvalue weighted by molar-refractivity contribution is 5.77. The van der Waals surface area contributed by atoms with Gasteiger partial charge in [0.25, 0.3) is 0 Å². The minimum Gasteiger partial charge on any atom is -0.378 e. The lowest BCUT2D eigenvalue weighted by Gasteiger charge is -2.26. The first-order valence-electron chi connectivity index (χ1n) is 7.35. The van der Waals surface area contributed by atoms with Crippen LogP contribution in [0.25, 0.3) is 0 Å². The zero-order chi connectivity index (χ0) is 13.9. The maximum Gasteiger partial charge on any atom is 0.222 e. The molecule has 1 aliphatic carbocycles. The number of aryl methyl sites for hydroxylation is 1. The lowest BCUT2D eigenvalue weighted by Crippen LogP contribution is -2.44. The van der Waals surface area contributed by atoms with Gasteiger partial charge in [-0.1, -0.05) is 0 Å². The Morgan fingerprint density at radius 3 is 3.35 bits per heavy atom. The Bertz CT molecular complexity index is 480. The van der Waals surface area contributed by atoms with Gasteiger partial charge in [0.2, 0.25) is 5.91 Å². The predicted molar refractivity (Wildman–Crippen MR) is 74.3 cm³/mol. The number of morpholine rings is 1. The summed E-state index contributed by atoms with van der Waals surface area (Å²) < 4.78 is 7.30. The van der Waals surface area contributed by atoms with Gasteiger partial charge >= 0.3 is 0 Å². The van der Waals surface area contributed by atoms with Crippen molar-refractivity contribution < 1.29 is 9.53 Å². The molecule has 0 bridgehead atoms. The number of rotatable bonds is 3. The van der Waals surface area contributed by atoms with E-state index in [2.05, 4.69) is 15.7 Å². The summed E-state index contributed by atoms with van der Waals surface area (Å²) in [6.45, 7) is 2.18. The Hall–Kier alpha value is -1.40. The lowest BCUT2D eigenvalue weighted by atomic mass is 9.93. The molecule has 2 heterocycles. The third-order valence-electron chi connectivity index (χ3n) is 4.14. The number of carbonyl (C=O) groups excluding carboxylic acids is 1. The van der Waals surface area contributed by atoms with E-state index in [4.69, 9.17) is 4.74 Å². The first kappa shape index (κ1) is 13.6. The number of nitrogens with zero attached hydrogens (tertiary/aromatic N) is 2. The number of nitrogens with one attached hydrogen (secondary N) is 2. The molecule has 20 heavy (non-hydrogen) atoms. The number of ether oxygens (including phenoxy) is 1. The smallest absolute Gasteiger partial charge is 0.222 e. The highest BCUT2D eigenvalue weighted by Gasteiger charge is 2.26. The number of hydrogen-bond donors (Lipinski definition) is 2. The van der Waals surface area contributed by atoms with Crippen molar-refractivity contribution >= 4 is 5.91 Å². The van der Waals surface area contributed by atoms with Crippen LogP contribution in [0.3, 0.4) is 0 Å². The molecule has 0 spiro atoms. The number of amides is 1. The topological polar surface area (TPSA) is 68.2 Å². The minimum absolute atomic E-state index is 0.0923. The van der Waals surface area contributed by atoms with Crippen LogP contribution in [0.4, 0.5) is 0 Å². The Labute approximate surface area is 118 Å². The predicted octanol–water partition coefficient (Wildman–Crippen LogP) is 0.292. The van der Waals surface area contributed by atoms with Crippen molar-refractivity contribution in [2.75, 3.05) is 19.8 Å².